The smallest absolute Gasteiger partial charge is 0.222 e. The Kier molecular flexibility index (Phi) is 5.44. The van der Waals surface area contributed by atoms with Gasteiger partial charge in [0.05, 0.1) is 0 Å². The first-order valence-electron chi connectivity index (χ1n) is 6.10. The minimum absolute atomic E-state index is 0.205. The minimum Gasteiger partial charge on any atom is -0.359 e. The van der Waals surface area contributed by atoms with Gasteiger partial charge in [0.25, 0.3) is 0 Å². The summed E-state index contributed by atoms with van der Waals surface area (Å²) in [6.07, 6.45) is 10.2. The Morgan fingerprint density at radius 3 is 2.73 bits per heavy atom. The van der Waals surface area contributed by atoms with Crippen LogP contribution in [0.2, 0.25) is 0 Å². The number of hydrogen-bond donors (Lipinski definition) is 1. The summed E-state index contributed by atoms with van der Waals surface area (Å²) in [6, 6.07) is 0. The van der Waals surface area contributed by atoms with E-state index in [-0.39, 0.29) is 11.8 Å². The average molecular weight is 209 g/mol. The van der Waals surface area contributed by atoms with E-state index in [2.05, 4.69) is 11.9 Å². The highest BCUT2D eigenvalue weighted by molar-refractivity contribution is 5.78. The summed E-state index contributed by atoms with van der Waals surface area (Å²) >= 11 is 0. The standard InChI is InChI=1S/C13H23NO/c1-3-4-9-12(13(15)14-2)10-11-7-5-6-8-11/h3,11-12H,1,4-10H2,2H3,(H,14,15). The summed E-state index contributed by atoms with van der Waals surface area (Å²) in [6.45, 7) is 3.72. The zero-order valence-corrected chi connectivity index (χ0v) is 9.80. The first-order valence-corrected chi connectivity index (χ1v) is 6.10. The molecule has 1 rings (SSSR count). The topological polar surface area (TPSA) is 29.1 Å². The number of carbonyl (C=O) groups excluding carboxylic acids is 1. The van der Waals surface area contributed by atoms with Crippen molar-refractivity contribution in [2.24, 2.45) is 11.8 Å². The molecular weight excluding hydrogens is 186 g/mol. The molecule has 1 fully saturated rings. The number of rotatable bonds is 6. The lowest BCUT2D eigenvalue weighted by molar-refractivity contribution is -0.125. The Hall–Kier alpha value is -0.790. The third-order valence-corrected chi connectivity index (χ3v) is 3.43. The Labute approximate surface area is 93.1 Å². The van der Waals surface area contributed by atoms with Gasteiger partial charge in [-0.3, -0.25) is 4.79 Å². The normalized spacial score (nSPS) is 18.7. The van der Waals surface area contributed by atoms with Crippen molar-refractivity contribution in [1.29, 1.82) is 0 Å². The summed E-state index contributed by atoms with van der Waals surface area (Å²) in [5.74, 6) is 1.21. The van der Waals surface area contributed by atoms with E-state index >= 15 is 0 Å². The van der Waals surface area contributed by atoms with Gasteiger partial charge in [0, 0.05) is 13.0 Å². The van der Waals surface area contributed by atoms with Gasteiger partial charge in [0.2, 0.25) is 5.91 Å². The van der Waals surface area contributed by atoms with E-state index in [4.69, 9.17) is 0 Å². The van der Waals surface area contributed by atoms with Crippen molar-refractivity contribution in [3.05, 3.63) is 12.7 Å². The van der Waals surface area contributed by atoms with E-state index in [1.165, 1.54) is 25.7 Å². The van der Waals surface area contributed by atoms with E-state index in [0.717, 1.165) is 25.2 Å². The van der Waals surface area contributed by atoms with Crippen molar-refractivity contribution >= 4 is 5.91 Å². The van der Waals surface area contributed by atoms with Crippen molar-refractivity contribution in [2.75, 3.05) is 7.05 Å². The summed E-state index contributed by atoms with van der Waals surface area (Å²) in [7, 11) is 1.73. The number of nitrogens with one attached hydrogen (secondary N) is 1. The zero-order valence-electron chi connectivity index (χ0n) is 9.80. The van der Waals surface area contributed by atoms with E-state index in [0.29, 0.717) is 0 Å². The Morgan fingerprint density at radius 1 is 1.53 bits per heavy atom. The van der Waals surface area contributed by atoms with Crippen molar-refractivity contribution in [3.63, 3.8) is 0 Å². The molecule has 1 amide bonds. The highest BCUT2D eigenvalue weighted by atomic mass is 16.1. The molecule has 0 heterocycles. The van der Waals surface area contributed by atoms with Gasteiger partial charge in [-0.05, 0) is 25.2 Å². The van der Waals surface area contributed by atoms with E-state index in [1.54, 1.807) is 7.05 Å². The fourth-order valence-electron chi connectivity index (χ4n) is 2.53. The molecule has 0 bridgehead atoms. The fraction of sp³-hybridized carbons (Fsp3) is 0.769. The molecule has 2 heteroatoms. The SMILES string of the molecule is C=CCCC(CC1CCCC1)C(=O)NC. The van der Waals surface area contributed by atoms with Crippen LogP contribution < -0.4 is 5.32 Å². The largest absolute Gasteiger partial charge is 0.359 e. The van der Waals surface area contributed by atoms with Crippen LogP contribution in [0.15, 0.2) is 12.7 Å². The molecule has 0 spiro atoms. The van der Waals surface area contributed by atoms with Gasteiger partial charge >= 0.3 is 0 Å². The van der Waals surface area contributed by atoms with Gasteiger partial charge < -0.3 is 5.32 Å². The van der Waals surface area contributed by atoms with E-state index < -0.39 is 0 Å². The molecule has 1 aliphatic carbocycles. The molecule has 15 heavy (non-hydrogen) atoms. The Bertz CT molecular complexity index is 207. The molecule has 1 aliphatic rings. The lowest BCUT2D eigenvalue weighted by Gasteiger charge is -2.18. The number of carbonyl (C=O) groups is 1. The molecule has 0 aromatic rings. The lowest BCUT2D eigenvalue weighted by Crippen LogP contribution is -2.28. The maximum atomic E-state index is 11.7. The predicted octanol–water partition coefficient (Wildman–Crippen LogP) is 2.90. The predicted molar refractivity (Wildman–Crippen MR) is 63.6 cm³/mol. The minimum atomic E-state index is 0.205. The second kappa shape index (κ2) is 6.65. The zero-order chi connectivity index (χ0) is 11.1. The molecule has 1 saturated carbocycles. The van der Waals surface area contributed by atoms with Gasteiger partial charge in [-0.15, -0.1) is 6.58 Å². The monoisotopic (exact) mass is 209 g/mol. The molecule has 0 saturated heterocycles. The molecule has 1 N–H and O–H groups in total. The van der Waals surface area contributed by atoms with Crippen molar-refractivity contribution < 1.29 is 4.79 Å². The van der Waals surface area contributed by atoms with Gasteiger partial charge in [-0.2, -0.15) is 0 Å². The Morgan fingerprint density at radius 2 is 2.20 bits per heavy atom. The summed E-state index contributed by atoms with van der Waals surface area (Å²) < 4.78 is 0. The molecule has 2 nitrogen and oxygen atoms in total. The van der Waals surface area contributed by atoms with Crippen LogP contribution in [0.3, 0.4) is 0 Å². The lowest BCUT2D eigenvalue weighted by atomic mass is 9.89. The fourth-order valence-corrected chi connectivity index (χ4v) is 2.53. The van der Waals surface area contributed by atoms with Crippen LogP contribution >= 0.6 is 0 Å². The van der Waals surface area contributed by atoms with Crippen LogP contribution in [-0.4, -0.2) is 13.0 Å². The molecule has 0 aromatic heterocycles. The van der Waals surface area contributed by atoms with Crippen molar-refractivity contribution in [2.45, 2.75) is 44.9 Å². The van der Waals surface area contributed by atoms with Gasteiger partial charge in [-0.25, -0.2) is 0 Å². The van der Waals surface area contributed by atoms with Gasteiger partial charge in [-0.1, -0.05) is 31.8 Å². The first kappa shape index (κ1) is 12.3. The molecule has 86 valence electrons. The third kappa shape index (κ3) is 4.06. The number of allylic oxidation sites excluding steroid dienone is 1. The Balaban J connectivity index is 2.39. The van der Waals surface area contributed by atoms with Gasteiger partial charge in [0.1, 0.15) is 0 Å². The maximum Gasteiger partial charge on any atom is 0.222 e. The van der Waals surface area contributed by atoms with Crippen LogP contribution in [0.5, 0.6) is 0 Å². The molecular formula is C13H23NO. The van der Waals surface area contributed by atoms with Crippen LogP contribution in [0.25, 0.3) is 0 Å². The van der Waals surface area contributed by atoms with E-state index in [9.17, 15) is 4.79 Å². The van der Waals surface area contributed by atoms with E-state index in [1.807, 2.05) is 6.08 Å². The molecule has 1 atom stereocenters. The van der Waals surface area contributed by atoms with Crippen molar-refractivity contribution in [1.82, 2.24) is 5.32 Å². The molecule has 0 aliphatic heterocycles. The van der Waals surface area contributed by atoms with Crippen LogP contribution in [0.1, 0.15) is 44.9 Å². The number of hydrogen-bond acceptors (Lipinski definition) is 1. The maximum absolute atomic E-state index is 11.7. The highest BCUT2D eigenvalue weighted by Crippen LogP contribution is 2.31. The average Bonchev–Trinajstić information content (AvgIpc) is 2.75. The number of amides is 1. The molecule has 1 unspecified atom stereocenters. The van der Waals surface area contributed by atoms with Crippen LogP contribution in [0, 0.1) is 11.8 Å². The molecule has 0 aromatic carbocycles. The van der Waals surface area contributed by atoms with Gasteiger partial charge in [0.15, 0.2) is 0 Å². The third-order valence-electron chi connectivity index (χ3n) is 3.43. The second-order valence-electron chi connectivity index (χ2n) is 4.56. The van der Waals surface area contributed by atoms with Crippen molar-refractivity contribution in [3.8, 4) is 0 Å². The first-order chi connectivity index (χ1) is 7.27. The summed E-state index contributed by atoms with van der Waals surface area (Å²) in [5, 5.41) is 2.77. The molecule has 0 radical (unpaired) electrons. The van der Waals surface area contributed by atoms with Crippen LogP contribution in [-0.2, 0) is 4.79 Å². The summed E-state index contributed by atoms with van der Waals surface area (Å²) in [5.41, 5.74) is 0. The highest BCUT2D eigenvalue weighted by Gasteiger charge is 2.23. The quantitative estimate of drug-likeness (QED) is 0.670. The second-order valence-corrected chi connectivity index (χ2v) is 4.56. The summed E-state index contributed by atoms with van der Waals surface area (Å²) in [4.78, 5) is 11.7. The van der Waals surface area contributed by atoms with Crippen LogP contribution in [0.4, 0.5) is 0 Å².